The molecule has 3 rings (SSSR count). The monoisotopic (exact) mass is 322 g/mol. The van der Waals surface area contributed by atoms with Gasteiger partial charge in [-0.15, -0.1) is 0 Å². The number of para-hydroxylation sites is 2. The van der Waals surface area contributed by atoms with Crippen LogP contribution in [0.4, 0.5) is 11.4 Å². The Labute approximate surface area is 129 Å². The van der Waals surface area contributed by atoms with Gasteiger partial charge in [0.05, 0.1) is 22.9 Å². The molecule has 0 radical (unpaired) electrons. The van der Waals surface area contributed by atoms with Gasteiger partial charge >= 0.3 is 0 Å². The lowest BCUT2D eigenvalue weighted by Gasteiger charge is -2.36. The lowest BCUT2D eigenvalue weighted by molar-refractivity contribution is 0.589. The molecule has 21 heavy (non-hydrogen) atoms. The summed E-state index contributed by atoms with van der Waals surface area (Å²) in [5, 5.41) is 0.244. The molecule has 1 aliphatic heterocycles. The molecule has 0 amide bonds. The van der Waals surface area contributed by atoms with Crippen LogP contribution in [0.1, 0.15) is 0 Å². The molecule has 0 aliphatic carbocycles. The molecule has 0 aromatic heterocycles. The third-order valence-electron chi connectivity index (χ3n) is 3.60. The summed E-state index contributed by atoms with van der Waals surface area (Å²) in [5.41, 5.74) is 1.59. The Morgan fingerprint density at radius 1 is 0.952 bits per heavy atom. The van der Waals surface area contributed by atoms with Crippen molar-refractivity contribution in [3.05, 3.63) is 53.6 Å². The molecule has 110 valence electrons. The van der Waals surface area contributed by atoms with Crippen LogP contribution in [0, 0.1) is 0 Å². The van der Waals surface area contributed by atoms with E-state index < -0.39 is 10.0 Å². The highest BCUT2D eigenvalue weighted by Crippen LogP contribution is 2.36. The number of likely N-dealkylation sites (N-methyl/N-ethyl adjacent to an activating group) is 1. The van der Waals surface area contributed by atoms with Gasteiger partial charge in [0.2, 0.25) is 0 Å². The van der Waals surface area contributed by atoms with E-state index in [1.807, 2.05) is 36.2 Å². The van der Waals surface area contributed by atoms with Gasteiger partial charge in [-0.05, 0) is 24.3 Å². The number of halogens is 1. The molecule has 0 atom stereocenters. The topological polar surface area (TPSA) is 40.6 Å². The molecular weight excluding hydrogens is 308 g/mol. The van der Waals surface area contributed by atoms with Crippen molar-refractivity contribution >= 4 is 33.0 Å². The molecule has 6 heteroatoms. The lowest BCUT2D eigenvalue weighted by Crippen LogP contribution is -2.42. The van der Waals surface area contributed by atoms with Gasteiger partial charge in [-0.2, -0.15) is 0 Å². The highest BCUT2D eigenvalue weighted by atomic mass is 35.5. The van der Waals surface area contributed by atoms with Gasteiger partial charge in [-0.3, -0.25) is 4.31 Å². The lowest BCUT2D eigenvalue weighted by atomic mass is 10.2. The summed E-state index contributed by atoms with van der Waals surface area (Å²) in [7, 11) is -1.70. The van der Waals surface area contributed by atoms with Crippen LogP contribution < -0.4 is 9.21 Å². The normalized spacial score (nSPS) is 15.0. The van der Waals surface area contributed by atoms with Crippen molar-refractivity contribution in [2.45, 2.75) is 4.90 Å². The number of fused-ring (bicyclic) bond motifs is 1. The van der Waals surface area contributed by atoms with Crippen LogP contribution in [0.3, 0.4) is 0 Å². The zero-order chi connectivity index (χ0) is 15.0. The second-order valence-electron chi connectivity index (χ2n) is 4.92. The van der Waals surface area contributed by atoms with Crippen LogP contribution in [-0.2, 0) is 10.0 Å². The number of benzene rings is 2. The Kier molecular flexibility index (Phi) is 3.55. The largest absolute Gasteiger partial charge is 0.371 e. The number of anilines is 2. The zero-order valence-corrected chi connectivity index (χ0v) is 13.1. The van der Waals surface area contributed by atoms with Crippen molar-refractivity contribution in [2.75, 3.05) is 29.3 Å². The van der Waals surface area contributed by atoms with E-state index in [2.05, 4.69) is 0 Å². The van der Waals surface area contributed by atoms with Gasteiger partial charge in [0.25, 0.3) is 10.0 Å². The Morgan fingerprint density at radius 3 is 2.29 bits per heavy atom. The Morgan fingerprint density at radius 2 is 1.57 bits per heavy atom. The summed E-state index contributed by atoms with van der Waals surface area (Å²) in [4.78, 5) is 2.19. The average Bonchev–Trinajstić information content (AvgIpc) is 2.48. The first kappa shape index (κ1) is 14.2. The summed E-state index contributed by atoms with van der Waals surface area (Å²) < 4.78 is 27.2. The molecule has 4 nitrogen and oxygen atoms in total. The minimum Gasteiger partial charge on any atom is -0.371 e. The molecule has 0 spiro atoms. The predicted molar refractivity (Wildman–Crippen MR) is 85.7 cm³/mol. The van der Waals surface area contributed by atoms with E-state index in [1.54, 1.807) is 24.3 Å². The first-order chi connectivity index (χ1) is 10.0. The van der Waals surface area contributed by atoms with Gasteiger partial charge in [-0.25, -0.2) is 8.42 Å². The van der Waals surface area contributed by atoms with Gasteiger partial charge in [0.1, 0.15) is 4.90 Å². The predicted octanol–water partition coefficient (Wildman–Crippen LogP) is 2.99. The molecule has 0 bridgehead atoms. The van der Waals surface area contributed by atoms with Crippen molar-refractivity contribution in [2.24, 2.45) is 0 Å². The van der Waals surface area contributed by atoms with Crippen LogP contribution in [-0.4, -0.2) is 28.6 Å². The second kappa shape index (κ2) is 5.24. The molecule has 1 aliphatic rings. The third-order valence-corrected chi connectivity index (χ3v) is 5.92. The van der Waals surface area contributed by atoms with Crippen LogP contribution in [0.15, 0.2) is 53.4 Å². The number of sulfonamides is 1. The van der Waals surface area contributed by atoms with Gasteiger partial charge in [-0.1, -0.05) is 35.9 Å². The number of rotatable bonds is 2. The molecule has 0 saturated carbocycles. The fraction of sp³-hybridized carbons (Fsp3) is 0.200. The van der Waals surface area contributed by atoms with Crippen molar-refractivity contribution in [1.29, 1.82) is 0 Å². The summed E-state index contributed by atoms with van der Waals surface area (Å²) in [6.45, 7) is 1.04. The van der Waals surface area contributed by atoms with Crippen LogP contribution in [0.25, 0.3) is 0 Å². The third kappa shape index (κ3) is 2.36. The highest BCUT2D eigenvalue weighted by molar-refractivity contribution is 7.93. The number of nitrogens with zero attached hydrogens (tertiary/aromatic N) is 2. The van der Waals surface area contributed by atoms with E-state index in [0.717, 1.165) is 5.69 Å². The van der Waals surface area contributed by atoms with Crippen molar-refractivity contribution in [1.82, 2.24) is 0 Å². The van der Waals surface area contributed by atoms with Gasteiger partial charge in [0.15, 0.2) is 0 Å². The van der Waals surface area contributed by atoms with Crippen molar-refractivity contribution < 1.29 is 8.42 Å². The Hall–Kier alpha value is -1.72. The van der Waals surface area contributed by atoms with E-state index in [1.165, 1.54) is 4.31 Å². The standard InChI is InChI=1S/C15H15ClN2O2S/c1-17-10-11-18(14-8-4-3-7-13(14)17)21(19,20)15-9-5-2-6-12(15)16/h2-9H,10-11H2,1H3. The minimum atomic E-state index is -3.65. The SMILES string of the molecule is CN1CCN(S(=O)(=O)c2ccccc2Cl)c2ccccc21. The summed E-state index contributed by atoms with van der Waals surface area (Å²) >= 11 is 6.07. The number of hydrogen-bond donors (Lipinski definition) is 0. The van der Waals surface area contributed by atoms with Crippen LogP contribution in [0.2, 0.25) is 5.02 Å². The molecular formula is C15H15ClN2O2S. The first-order valence-corrected chi connectivity index (χ1v) is 8.41. The average molecular weight is 323 g/mol. The van der Waals surface area contributed by atoms with E-state index in [4.69, 9.17) is 11.6 Å². The van der Waals surface area contributed by atoms with E-state index in [9.17, 15) is 8.42 Å². The van der Waals surface area contributed by atoms with Crippen molar-refractivity contribution in [3.63, 3.8) is 0 Å². The molecule has 1 heterocycles. The zero-order valence-electron chi connectivity index (χ0n) is 11.5. The molecule has 2 aromatic rings. The smallest absolute Gasteiger partial charge is 0.265 e. The van der Waals surface area contributed by atoms with Gasteiger partial charge < -0.3 is 4.90 Å². The van der Waals surface area contributed by atoms with E-state index in [0.29, 0.717) is 18.8 Å². The Bertz CT molecular complexity index is 777. The highest BCUT2D eigenvalue weighted by Gasteiger charge is 2.31. The summed E-state index contributed by atoms with van der Waals surface area (Å²) in [6, 6.07) is 14.0. The molecule has 0 fully saturated rings. The summed E-state index contributed by atoms with van der Waals surface area (Å²) in [5.74, 6) is 0. The second-order valence-corrected chi connectivity index (χ2v) is 7.16. The van der Waals surface area contributed by atoms with Crippen LogP contribution >= 0.6 is 11.6 Å². The molecule has 0 N–H and O–H groups in total. The fourth-order valence-electron chi connectivity index (χ4n) is 2.50. The molecule has 0 unspecified atom stereocenters. The van der Waals surface area contributed by atoms with E-state index in [-0.39, 0.29) is 9.92 Å². The molecule has 2 aromatic carbocycles. The molecule has 0 saturated heterocycles. The maximum Gasteiger partial charge on any atom is 0.265 e. The van der Waals surface area contributed by atoms with Crippen LogP contribution in [0.5, 0.6) is 0 Å². The maximum atomic E-state index is 12.9. The fourth-order valence-corrected chi connectivity index (χ4v) is 4.47. The van der Waals surface area contributed by atoms with Gasteiger partial charge in [0, 0.05) is 13.6 Å². The Balaban J connectivity index is 2.14. The summed E-state index contributed by atoms with van der Waals surface area (Å²) in [6.07, 6.45) is 0. The minimum absolute atomic E-state index is 0.144. The quantitative estimate of drug-likeness (QED) is 0.853. The maximum absolute atomic E-state index is 12.9. The first-order valence-electron chi connectivity index (χ1n) is 6.59. The van der Waals surface area contributed by atoms with E-state index >= 15 is 0 Å². The van der Waals surface area contributed by atoms with Crippen molar-refractivity contribution in [3.8, 4) is 0 Å². The number of hydrogen-bond acceptors (Lipinski definition) is 3.